The van der Waals surface area contributed by atoms with Crippen LogP contribution in [0.5, 0.6) is 0 Å². The number of carbonyl (C=O) groups excluding carboxylic acids is 2. The summed E-state index contributed by atoms with van der Waals surface area (Å²) in [5, 5.41) is 8.93. The summed E-state index contributed by atoms with van der Waals surface area (Å²) in [6.07, 6.45) is 0.866. The first-order valence-corrected chi connectivity index (χ1v) is 8.56. The van der Waals surface area contributed by atoms with Crippen molar-refractivity contribution in [3.8, 4) is 11.1 Å². The number of carbonyl (C=O) groups is 2. The Morgan fingerprint density at radius 3 is 2.32 bits per heavy atom. The lowest BCUT2D eigenvalue weighted by Crippen LogP contribution is -2.51. The van der Waals surface area contributed by atoms with E-state index in [0.717, 1.165) is 6.42 Å². The van der Waals surface area contributed by atoms with E-state index >= 15 is 0 Å². The zero-order chi connectivity index (χ0) is 17.4. The molecule has 0 aromatic heterocycles. The van der Waals surface area contributed by atoms with Crippen LogP contribution in [0, 0.1) is 0 Å². The molecule has 25 heavy (non-hydrogen) atoms. The van der Waals surface area contributed by atoms with Gasteiger partial charge >= 0.3 is 0 Å². The Labute approximate surface area is 146 Å². The second-order valence-electron chi connectivity index (χ2n) is 6.54. The van der Waals surface area contributed by atoms with Gasteiger partial charge in [0.2, 0.25) is 5.91 Å². The molecule has 2 aromatic carbocycles. The van der Waals surface area contributed by atoms with E-state index in [4.69, 9.17) is 5.11 Å². The number of aliphatic hydroxyl groups is 1. The summed E-state index contributed by atoms with van der Waals surface area (Å²) in [5.74, 6) is -0.266. The molecule has 1 fully saturated rings. The molecule has 2 aromatic rings. The van der Waals surface area contributed by atoms with Crippen LogP contribution in [0.25, 0.3) is 11.1 Å². The fourth-order valence-electron chi connectivity index (χ4n) is 3.72. The molecule has 0 radical (unpaired) electrons. The van der Waals surface area contributed by atoms with Gasteiger partial charge in [0, 0.05) is 31.7 Å². The zero-order valence-electron chi connectivity index (χ0n) is 13.9. The average Bonchev–Trinajstić information content (AvgIpc) is 3.04. The second-order valence-corrected chi connectivity index (χ2v) is 6.54. The van der Waals surface area contributed by atoms with Crippen molar-refractivity contribution in [1.82, 2.24) is 9.80 Å². The molecule has 0 bridgehead atoms. The largest absolute Gasteiger partial charge is 0.387 e. The van der Waals surface area contributed by atoms with Gasteiger partial charge in [-0.05, 0) is 40.8 Å². The Balaban J connectivity index is 1.49. The number of rotatable bonds is 2. The number of fused-ring (bicyclic) bond motifs is 3. The highest BCUT2D eigenvalue weighted by Crippen LogP contribution is 2.36. The summed E-state index contributed by atoms with van der Waals surface area (Å²) < 4.78 is 0. The van der Waals surface area contributed by atoms with Gasteiger partial charge in [0.15, 0.2) is 0 Å². The molecule has 128 valence electrons. The number of hydrogen-bond acceptors (Lipinski definition) is 3. The molecule has 2 aliphatic rings. The molecule has 1 heterocycles. The van der Waals surface area contributed by atoms with Crippen molar-refractivity contribution in [3.05, 3.63) is 59.2 Å². The van der Waals surface area contributed by atoms with Gasteiger partial charge in [-0.2, -0.15) is 0 Å². The topological polar surface area (TPSA) is 60.9 Å². The quantitative estimate of drug-likeness (QED) is 0.772. The van der Waals surface area contributed by atoms with Crippen molar-refractivity contribution in [1.29, 1.82) is 0 Å². The van der Waals surface area contributed by atoms with E-state index in [-0.39, 0.29) is 11.8 Å². The molecule has 0 saturated carbocycles. The first kappa shape index (κ1) is 15.8. The van der Waals surface area contributed by atoms with Gasteiger partial charge in [0.25, 0.3) is 5.91 Å². The van der Waals surface area contributed by atoms with Gasteiger partial charge in [-0.15, -0.1) is 0 Å². The number of amides is 2. The Kier molecular flexibility index (Phi) is 4.01. The molecule has 4 rings (SSSR count). The maximum Gasteiger partial charge on any atom is 0.253 e. The predicted molar refractivity (Wildman–Crippen MR) is 94.3 cm³/mol. The Bertz CT molecular complexity index is 839. The van der Waals surface area contributed by atoms with Crippen LogP contribution in [-0.4, -0.2) is 59.5 Å². The maximum atomic E-state index is 12.8. The minimum absolute atomic E-state index is 0.00912. The van der Waals surface area contributed by atoms with E-state index in [1.54, 1.807) is 9.80 Å². The number of aliphatic hydroxyl groups excluding tert-OH is 1. The monoisotopic (exact) mass is 336 g/mol. The summed E-state index contributed by atoms with van der Waals surface area (Å²) in [6.45, 7) is 1.48. The maximum absolute atomic E-state index is 12.8. The Morgan fingerprint density at radius 2 is 1.56 bits per heavy atom. The lowest BCUT2D eigenvalue weighted by molar-refractivity contribution is -0.135. The smallest absolute Gasteiger partial charge is 0.253 e. The van der Waals surface area contributed by atoms with E-state index in [1.807, 2.05) is 30.3 Å². The summed E-state index contributed by atoms with van der Waals surface area (Å²) in [4.78, 5) is 27.7. The van der Waals surface area contributed by atoms with E-state index in [0.29, 0.717) is 31.7 Å². The van der Waals surface area contributed by atoms with Crippen LogP contribution in [0.4, 0.5) is 0 Å². The van der Waals surface area contributed by atoms with E-state index in [2.05, 4.69) is 12.1 Å². The Morgan fingerprint density at radius 1 is 0.880 bits per heavy atom. The predicted octanol–water partition coefficient (Wildman–Crippen LogP) is 1.53. The van der Waals surface area contributed by atoms with Gasteiger partial charge in [0.05, 0.1) is 0 Å². The molecule has 0 unspecified atom stereocenters. The second kappa shape index (κ2) is 6.33. The van der Waals surface area contributed by atoms with Crippen molar-refractivity contribution in [2.75, 3.05) is 32.8 Å². The molecule has 1 aliphatic carbocycles. The highest BCUT2D eigenvalue weighted by atomic mass is 16.3. The normalized spacial score (nSPS) is 15.7. The lowest BCUT2D eigenvalue weighted by Gasteiger charge is -2.34. The molecule has 1 saturated heterocycles. The zero-order valence-corrected chi connectivity index (χ0v) is 13.9. The lowest BCUT2D eigenvalue weighted by atomic mass is 10.0. The molecule has 0 spiro atoms. The number of piperazine rings is 1. The number of benzene rings is 2. The highest BCUT2D eigenvalue weighted by molar-refractivity contribution is 5.96. The van der Waals surface area contributed by atoms with Gasteiger partial charge in [0.1, 0.15) is 6.61 Å². The molecule has 1 aliphatic heterocycles. The van der Waals surface area contributed by atoms with Crippen LogP contribution in [0.2, 0.25) is 0 Å². The third-order valence-corrected chi connectivity index (χ3v) is 5.10. The average molecular weight is 336 g/mol. The summed E-state index contributed by atoms with van der Waals surface area (Å²) >= 11 is 0. The standard InChI is InChI=1S/C20H20N2O3/c23-13-19(24)21-7-9-22(10-8-21)20(25)15-5-6-18-16(12-15)11-14-3-1-2-4-17(14)18/h1-6,12,23H,7-11,13H2. The minimum Gasteiger partial charge on any atom is -0.387 e. The number of hydrogen-bond donors (Lipinski definition) is 1. The van der Waals surface area contributed by atoms with Crippen LogP contribution in [0.1, 0.15) is 21.5 Å². The fraction of sp³-hybridized carbons (Fsp3) is 0.300. The third kappa shape index (κ3) is 2.81. The van der Waals surface area contributed by atoms with Gasteiger partial charge in [-0.25, -0.2) is 0 Å². The van der Waals surface area contributed by atoms with E-state index in [1.165, 1.54) is 22.3 Å². The van der Waals surface area contributed by atoms with Crippen LogP contribution < -0.4 is 0 Å². The fourth-order valence-corrected chi connectivity index (χ4v) is 3.72. The molecule has 5 nitrogen and oxygen atoms in total. The van der Waals surface area contributed by atoms with Gasteiger partial charge in [-0.1, -0.05) is 30.3 Å². The third-order valence-electron chi connectivity index (χ3n) is 5.10. The van der Waals surface area contributed by atoms with E-state index in [9.17, 15) is 9.59 Å². The van der Waals surface area contributed by atoms with Gasteiger partial charge in [-0.3, -0.25) is 9.59 Å². The SMILES string of the molecule is O=C(CO)N1CCN(C(=O)c2ccc3c(c2)Cc2ccccc2-3)CC1. The first-order chi connectivity index (χ1) is 12.2. The minimum atomic E-state index is -0.473. The van der Waals surface area contributed by atoms with E-state index < -0.39 is 6.61 Å². The molecule has 2 amide bonds. The Hall–Kier alpha value is -2.66. The summed E-state index contributed by atoms with van der Waals surface area (Å²) in [7, 11) is 0. The van der Waals surface area contributed by atoms with Crippen molar-refractivity contribution in [3.63, 3.8) is 0 Å². The van der Waals surface area contributed by atoms with Crippen molar-refractivity contribution in [2.45, 2.75) is 6.42 Å². The number of nitrogens with zero attached hydrogens (tertiary/aromatic N) is 2. The van der Waals surface area contributed by atoms with Crippen LogP contribution in [-0.2, 0) is 11.2 Å². The van der Waals surface area contributed by atoms with Crippen LogP contribution in [0.15, 0.2) is 42.5 Å². The first-order valence-electron chi connectivity index (χ1n) is 8.56. The van der Waals surface area contributed by atoms with Crippen molar-refractivity contribution in [2.24, 2.45) is 0 Å². The van der Waals surface area contributed by atoms with Crippen molar-refractivity contribution < 1.29 is 14.7 Å². The van der Waals surface area contributed by atoms with Crippen LogP contribution in [0.3, 0.4) is 0 Å². The highest BCUT2D eigenvalue weighted by Gasteiger charge is 2.26. The molecular weight excluding hydrogens is 316 g/mol. The molecule has 5 heteroatoms. The summed E-state index contributed by atoms with van der Waals surface area (Å²) in [6, 6.07) is 14.3. The van der Waals surface area contributed by atoms with Crippen molar-refractivity contribution >= 4 is 11.8 Å². The molecule has 0 atom stereocenters. The molecular formula is C20H20N2O3. The molecule has 1 N–H and O–H groups in total. The van der Waals surface area contributed by atoms with Gasteiger partial charge < -0.3 is 14.9 Å². The summed E-state index contributed by atoms with van der Waals surface area (Å²) in [5.41, 5.74) is 5.67. The van der Waals surface area contributed by atoms with Crippen LogP contribution >= 0.6 is 0 Å².